The summed E-state index contributed by atoms with van der Waals surface area (Å²) in [5, 5.41) is 29.1. The minimum Gasteiger partial charge on any atom is -0.394 e. The molecule has 1 saturated heterocycles. The fourth-order valence-electron chi connectivity index (χ4n) is 2.78. The first-order valence-corrected chi connectivity index (χ1v) is 7.46. The number of hydrogen-bond acceptors (Lipinski definition) is 9. The molecule has 1 aliphatic rings. The molecule has 7 N–H and O–H groups in total. The Morgan fingerprint density at radius 2 is 2.12 bits per heavy atom. The third-order valence-corrected chi connectivity index (χ3v) is 3.97. The van der Waals surface area contributed by atoms with Gasteiger partial charge in [-0.25, -0.2) is 4.98 Å². The zero-order valence-corrected chi connectivity index (χ0v) is 13.0. The maximum absolute atomic E-state index is 12.5. The maximum atomic E-state index is 12.5. The van der Waals surface area contributed by atoms with Crippen LogP contribution in [0.25, 0.3) is 11.2 Å². The molecule has 2 aromatic heterocycles. The molecule has 2 aromatic rings. The van der Waals surface area contributed by atoms with E-state index in [1.165, 1.54) is 15.5 Å². The second-order valence-corrected chi connectivity index (χ2v) is 5.92. The number of anilines is 1. The number of ether oxygens (including phenoxy) is 1. The maximum Gasteiger partial charge on any atom is 0.283 e. The van der Waals surface area contributed by atoms with Crippen LogP contribution in [0, 0.1) is 0 Å². The zero-order valence-electron chi connectivity index (χ0n) is 13.0. The summed E-state index contributed by atoms with van der Waals surface area (Å²) in [6, 6.07) is -0.299. The molecule has 5 atom stereocenters. The van der Waals surface area contributed by atoms with Gasteiger partial charge < -0.3 is 31.5 Å². The van der Waals surface area contributed by atoms with Crippen molar-refractivity contribution in [2.24, 2.45) is 5.73 Å². The van der Waals surface area contributed by atoms with Crippen molar-refractivity contribution in [1.29, 1.82) is 0 Å². The van der Waals surface area contributed by atoms with Crippen molar-refractivity contribution in [2.75, 3.05) is 12.3 Å². The van der Waals surface area contributed by atoms with Gasteiger partial charge in [0.05, 0.1) is 12.9 Å². The van der Waals surface area contributed by atoms with E-state index in [4.69, 9.17) is 21.3 Å². The molecule has 1 fully saturated rings. The van der Waals surface area contributed by atoms with Crippen LogP contribution in [-0.4, -0.2) is 65.4 Å². The van der Waals surface area contributed by atoms with E-state index in [0.29, 0.717) is 0 Å². The molecule has 1 aliphatic heterocycles. The standard InChI is InChI=1S/C13H20N6O5/c1-5(14)2-18-11(23)7-10(17-13(18)15)19(4-16-7)12-9(22)8(21)6(3-20)24-12/h4-6,8-9,12,20-22H,2-3,14H2,1H3,(H2,15,17)/t5?,6-,8-,9-,12-/m1/s1. The molecule has 11 nitrogen and oxygen atoms in total. The van der Waals surface area contributed by atoms with Crippen molar-refractivity contribution in [2.45, 2.75) is 44.1 Å². The van der Waals surface area contributed by atoms with E-state index in [0.717, 1.165) is 0 Å². The lowest BCUT2D eigenvalue weighted by Gasteiger charge is -2.17. The monoisotopic (exact) mass is 340 g/mol. The second kappa shape index (κ2) is 6.11. The summed E-state index contributed by atoms with van der Waals surface area (Å²) < 4.78 is 7.96. The minimum absolute atomic E-state index is 0.0432. The average Bonchev–Trinajstić information content (AvgIpc) is 3.06. The van der Waals surface area contributed by atoms with Crippen LogP contribution in [0.4, 0.5) is 5.95 Å². The Hall–Kier alpha value is -2.05. The lowest BCUT2D eigenvalue weighted by molar-refractivity contribution is -0.0511. The zero-order chi connectivity index (χ0) is 17.6. The predicted molar refractivity (Wildman–Crippen MR) is 82.9 cm³/mol. The lowest BCUT2D eigenvalue weighted by atomic mass is 10.1. The number of imidazole rings is 1. The topological polar surface area (TPSA) is 175 Å². The number of nitrogen functional groups attached to an aromatic ring is 1. The van der Waals surface area contributed by atoms with E-state index in [2.05, 4.69) is 9.97 Å². The molecule has 0 bridgehead atoms. The highest BCUT2D eigenvalue weighted by molar-refractivity contribution is 5.71. The van der Waals surface area contributed by atoms with Crippen LogP contribution >= 0.6 is 0 Å². The number of rotatable bonds is 4. The first-order chi connectivity index (χ1) is 11.3. The summed E-state index contributed by atoms with van der Waals surface area (Å²) in [4.78, 5) is 20.7. The van der Waals surface area contributed by atoms with Gasteiger partial charge in [0, 0.05) is 12.6 Å². The van der Waals surface area contributed by atoms with E-state index < -0.39 is 36.7 Å². The Labute approximate surface area is 136 Å². The number of nitrogens with two attached hydrogens (primary N) is 2. The van der Waals surface area contributed by atoms with Gasteiger partial charge in [0.15, 0.2) is 17.4 Å². The first-order valence-electron chi connectivity index (χ1n) is 7.46. The molecule has 0 saturated carbocycles. The Kier molecular flexibility index (Phi) is 4.27. The molecule has 24 heavy (non-hydrogen) atoms. The van der Waals surface area contributed by atoms with Gasteiger partial charge in [-0.2, -0.15) is 4.98 Å². The van der Waals surface area contributed by atoms with Crippen LogP contribution in [0.15, 0.2) is 11.1 Å². The number of aliphatic hydroxyl groups is 3. The van der Waals surface area contributed by atoms with Crippen molar-refractivity contribution < 1.29 is 20.1 Å². The SMILES string of the molecule is CC(N)Cn1c(N)nc2c(ncn2[C@@H]2O[C@H](CO)[C@@H](O)[C@H]2O)c1=O. The Balaban J connectivity index is 2.08. The van der Waals surface area contributed by atoms with Crippen LogP contribution < -0.4 is 17.0 Å². The van der Waals surface area contributed by atoms with Gasteiger partial charge in [0.25, 0.3) is 5.56 Å². The average molecular weight is 340 g/mol. The van der Waals surface area contributed by atoms with E-state index >= 15 is 0 Å². The number of nitrogens with zero attached hydrogens (tertiary/aromatic N) is 4. The van der Waals surface area contributed by atoms with Crippen molar-refractivity contribution in [3.8, 4) is 0 Å². The smallest absolute Gasteiger partial charge is 0.283 e. The fourth-order valence-corrected chi connectivity index (χ4v) is 2.78. The van der Waals surface area contributed by atoms with E-state index in [9.17, 15) is 15.0 Å². The van der Waals surface area contributed by atoms with Crippen molar-refractivity contribution >= 4 is 17.1 Å². The first kappa shape index (κ1) is 16.8. The molecule has 0 aliphatic carbocycles. The third kappa shape index (κ3) is 2.56. The molecule has 0 radical (unpaired) electrons. The molecule has 3 heterocycles. The van der Waals surface area contributed by atoms with Crippen molar-refractivity contribution in [1.82, 2.24) is 19.1 Å². The van der Waals surface area contributed by atoms with Crippen LogP contribution in [0.3, 0.4) is 0 Å². The minimum atomic E-state index is -1.31. The molecule has 3 rings (SSSR count). The Morgan fingerprint density at radius 3 is 2.71 bits per heavy atom. The number of fused-ring (bicyclic) bond motifs is 1. The molecule has 0 spiro atoms. The quantitative estimate of drug-likeness (QED) is 0.392. The molecule has 0 aromatic carbocycles. The van der Waals surface area contributed by atoms with Crippen molar-refractivity contribution in [3.63, 3.8) is 0 Å². The summed E-state index contributed by atoms with van der Waals surface area (Å²) in [6.07, 6.45) is -3.30. The lowest BCUT2D eigenvalue weighted by Crippen LogP contribution is -2.33. The van der Waals surface area contributed by atoms with E-state index in [1.807, 2.05) is 0 Å². The van der Waals surface area contributed by atoms with E-state index in [1.54, 1.807) is 6.92 Å². The number of aliphatic hydroxyl groups excluding tert-OH is 3. The summed E-state index contributed by atoms with van der Waals surface area (Å²) in [5.41, 5.74) is 11.2. The van der Waals surface area contributed by atoms with Gasteiger partial charge in [0.1, 0.15) is 18.3 Å². The van der Waals surface area contributed by atoms with Gasteiger partial charge in [-0.3, -0.25) is 13.9 Å². The highest BCUT2D eigenvalue weighted by Gasteiger charge is 2.44. The Bertz CT molecular complexity index is 802. The second-order valence-electron chi connectivity index (χ2n) is 5.92. The van der Waals surface area contributed by atoms with Gasteiger partial charge in [-0.1, -0.05) is 0 Å². The van der Waals surface area contributed by atoms with Crippen molar-refractivity contribution in [3.05, 3.63) is 16.7 Å². The molecular formula is C13H20N6O5. The number of aromatic nitrogens is 4. The fraction of sp³-hybridized carbons (Fsp3) is 0.615. The Morgan fingerprint density at radius 1 is 1.42 bits per heavy atom. The molecule has 132 valence electrons. The van der Waals surface area contributed by atoms with Gasteiger partial charge in [-0.15, -0.1) is 0 Å². The predicted octanol–water partition coefficient (Wildman–Crippen LogP) is -2.87. The molecule has 1 unspecified atom stereocenters. The normalized spacial score (nSPS) is 28.5. The summed E-state index contributed by atoms with van der Waals surface area (Å²) >= 11 is 0. The molecular weight excluding hydrogens is 320 g/mol. The summed E-state index contributed by atoms with van der Waals surface area (Å²) in [7, 11) is 0. The number of hydrogen-bond donors (Lipinski definition) is 5. The van der Waals surface area contributed by atoms with Gasteiger partial charge in [-0.05, 0) is 6.92 Å². The highest BCUT2D eigenvalue weighted by atomic mass is 16.6. The van der Waals surface area contributed by atoms with E-state index in [-0.39, 0.29) is 29.7 Å². The summed E-state index contributed by atoms with van der Waals surface area (Å²) in [5.74, 6) is -0.0432. The third-order valence-electron chi connectivity index (χ3n) is 3.97. The van der Waals surface area contributed by atoms with Crippen LogP contribution in [0.1, 0.15) is 13.2 Å². The van der Waals surface area contributed by atoms with Crippen LogP contribution in [-0.2, 0) is 11.3 Å². The molecule has 11 heteroatoms. The highest BCUT2D eigenvalue weighted by Crippen LogP contribution is 2.30. The van der Waals surface area contributed by atoms with Crippen LogP contribution in [0.5, 0.6) is 0 Å². The van der Waals surface area contributed by atoms with Crippen LogP contribution in [0.2, 0.25) is 0 Å². The van der Waals surface area contributed by atoms with Gasteiger partial charge in [0.2, 0.25) is 5.95 Å². The largest absolute Gasteiger partial charge is 0.394 e. The summed E-state index contributed by atoms with van der Waals surface area (Å²) in [6.45, 7) is 1.46. The van der Waals surface area contributed by atoms with Gasteiger partial charge >= 0.3 is 0 Å². The molecule has 0 amide bonds.